The Morgan fingerprint density at radius 3 is 2.12 bits per heavy atom. The summed E-state index contributed by atoms with van der Waals surface area (Å²) in [6.45, 7) is 2.08. The Kier molecular flexibility index (Phi) is 5.69. The molecular weight excluding hydrogens is 332 g/mol. The van der Waals surface area contributed by atoms with E-state index < -0.39 is 0 Å². The zero-order valence-electron chi connectivity index (χ0n) is 15.9. The molecular formula is C20H28N2O4. The van der Waals surface area contributed by atoms with Gasteiger partial charge in [-0.05, 0) is 43.7 Å². The minimum atomic E-state index is -0.0422. The fraction of sp³-hybridized carbons (Fsp3) is 0.600. The summed E-state index contributed by atoms with van der Waals surface area (Å²) in [6, 6.07) is 5.20. The van der Waals surface area contributed by atoms with Gasteiger partial charge in [0, 0.05) is 44.2 Å². The van der Waals surface area contributed by atoms with Gasteiger partial charge in [0.1, 0.15) is 11.5 Å². The van der Waals surface area contributed by atoms with E-state index in [-0.39, 0.29) is 17.7 Å². The highest BCUT2D eigenvalue weighted by Gasteiger charge is 2.32. The van der Waals surface area contributed by atoms with Crippen LogP contribution in [0.15, 0.2) is 18.2 Å². The number of nitrogens with zero attached hydrogens (tertiary/aromatic N) is 2. The molecule has 3 rings (SSSR count). The van der Waals surface area contributed by atoms with Gasteiger partial charge >= 0.3 is 0 Å². The molecule has 1 saturated carbocycles. The molecule has 6 heteroatoms. The Balaban J connectivity index is 1.58. The maximum absolute atomic E-state index is 12.8. The molecule has 0 bridgehead atoms. The normalized spacial score (nSPS) is 17.7. The van der Waals surface area contributed by atoms with Crippen molar-refractivity contribution in [2.45, 2.75) is 25.7 Å². The number of carbonyl (C=O) groups excluding carboxylic acids is 2. The Labute approximate surface area is 155 Å². The first-order chi connectivity index (χ1) is 12.5. The number of hydrogen-bond acceptors (Lipinski definition) is 4. The smallest absolute Gasteiger partial charge is 0.254 e. The number of benzene rings is 1. The van der Waals surface area contributed by atoms with Crippen molar-refractivity contribution in [1.29, 1.82) is 0 Å². The van der Waals surface area contributed by atoms with Gasteiger partial charge in [-0.1, -0.05) is 0 Å². The first kappa shape index (κ1) is 18.5. The molecule has 1 saturated heterocycles. The summed E-state index contributed by atoms with van der Waals surface area (Å²) in [5.74, 6) is 2.11. The zero-order valence-corrected chi connectivity index (χ0v) is 15.9. The van der Waals surface area contributed by atoms with E-state index in [2.05, 4.69) is 0 Å². The second kappa shape index (κ2) is 7.98. The van der Waals surface area contributed by atoms with E-state index in [0.717, 1.165) is 19.4 Å². The standard InChI is InChI=1S/C20H28N2O4/c1-21(13-14-4-5-14)19(23)15-6-8-22(9-7-15)20(24)16-10-17(25-2)12-18(11-16)26-3/h10-12,14-15H,4-9,13H2,1-3H3. The lowest BCUT2D eigenvalue weighted by Gasteiger charge is -2.33. The van der Waals surface area contributed by atoms with Gasteiger partial charge in [-0.15, -0.1) is 0 Å². The number of hydrogen-bond donors (Lipinski definition) is 0. The van der Waals surface area contributed by atoms with Gasteiger partial charge in [0.2, 0.25) is 5.91 Å². The van der Waals surface area contributed by atoms with Crippen molar-refractivity contribution in [3.63, 3.8) is 0 Å². The second-order valence-corrected chi connectivity index (χ2v) is 7.33. The van der Waals surface area contributed by atoms with Crippen LogP contribution in [0.5, 0.6) is 11.5 Å². The van der Waals surface area contributed by atoms with E-state index in [9.17, 15) is 9.59 Å². The van der Waals surface area contributed by atoms with Gasteiger partial charge in [0.15, 0.2) is 0 Å². The van der Waals surface area contributed by atoms with Crippen LogP contribution in [0.2, 0.25) is 0 Å². The van der Waals surface area contributed by atoms with Gasteiger partial charge < -0.3 is 19.3 Å². The molecule has 0 N–H and O–H groups in total. The Bertz CT molecular complexity index is 642. The molecule has 0 spiro atoms. The summed E-state index contributed by atoms with van der Waals surface area (Å²) in [6.07, 6.45) is 3.94. The average Bonchev–Trinajstić information content (AvgIpc) is 3.50. The Morgan fingerprint density at radius 2 is 1.62 bits per heavy atom. The summed E-state index contributed by atoms with van der Waals surface area (Å²) >= 11 is 0. The van der Waals surface area contributed by atoms with Gasteiger partial charge in [0.05, 0.1) is 14.2 Å². The summed E-state index contributed by atoms with van der Waals surface area (Å²) in [5.41, 5.74) is 0.553. The van der Waals surface area contributed by atoms with Crippen LogP contribution in [-0.2, 0) is 4.79 Å². The first-order valence-corrected chi connectivity index (χ1v) is 9.29. The molecule has 1 aliphatic heterocycles. The van der Waals surface area contributed by atoms with Crippen LogP contribution in [0.1, 0.15) is 36.0 Å². The van der Waals surface area contributed by atoms with Crippen molar-refractivity contribution in [2.75, 3.05) is 40.9 Å². The third-order valence-electron chi connectivity index (χ3n) is 5.34. The zero-order chi connectivity index (χ0) is 18.7. The summed E-state index contributed by atoms with van der Waals surface area (Å²) < 4.78 is 10.5. The predicted octanol–water partition coefficient (Wildman–Crippen LogP) is 2.42. The van der Waals surface area contributed by atoms with Gasteiger partial charge in [-0.25, -0.2) is 0 Å². The van der Waals surface area contributed by atoms with Crippen LogP contribution in [0.3, 0.4) is 0 Å². The van der Waals surface area contributed by atoms with Crippen LogP contribution in [0, 0.1) is 11.8 Å². The fourth-order valence-corrected chi connectivity index (χ4v) is 3.53. The summed E-state index contributed by atoms with van der Waals surface area (Å²) in [7, 11) is 5.04. The largest absolute Gasteiger partial charge is 0.497 e. The lowest BCUT2D eigenvalue weighted by atomic mass is 9.94. The average molecular weight is 360 g/mol. The minimum absolute atomic E-state index is 0.0302. The molecule has 0 aromatic heterocycles. The van der Waals surface area contributed by atoms with Crippen molar-refractivity contribution in [2.24, 2.45) is 11.8 Å². The van der Waals surface area contributed by atoms with E-state index in [1.54, 1.807) is 32.4 Å². The van der Waals surface area contributed by atoms with Crippen molar-refractivity contribution in [1.82, 2.24) is 9.80 Å². The van der Waals surface area contributed by atoms with Crippen molar-refractivity contribution in [3.05, 3.63) is 23.8 Å². The molecule has 0 atom stereocenters. The highest BCUT2D eigenvalue weighted by atomic mass is 16.5. The second-order valence-electron chi connectivity index (χ2n) is 7.33. The third kappa shape index (κ3) is 4.29. The minimum Gasteiger partial charge on any atom is -0.497 e. The van der Waals surface area contributed by atoms with E-state index >= 15 is 0 Å². The number of rotatable bonds is 6. The van der Waals surface area contributed by atoms with Crippen molar-refractivity contribution in [3.8, 4) is 11.5 Å². The lowest BCUT2D eigenvalue weighted by molar-refractivity contribution is -0.135. The first-order valence-electron chi connectivity index (χ1n) is 9.29. The molecule has 26 heavy (non-hydrogen) atoms. The molecule has 6 nitrogen and oxygen atoms in total. The van der Waals surface area contributed by atoms with Crippen LogP contribution in [-0.4, -0.2) is 62.5 Å². The van der Waals surface area contributed by atoms with E-state index in [4.69, 9.17) is 9.47 Å². The maximum Gasteiger partial charge on any atom is 0.254 e. The molecule has 1 aromatic rings. The number of carbonyl (C=O) groups is 2. The molecule has 0 unspecified atom stereocenters. The molecule has 142 valence electrons. The van der Waals surface area contributed by atoms with Gasteiger partial charge in [0.25, 0.3) is 5.91 Å². The lowest BCUT2D eigenvalue weighted by Crippen LogP contribution is -2.43. The Hall–Kier alpha value is -2.24. The quantitative estimate of drug-likeness (QED) is 0.782. The number of amides is 2. The number of methoxy groups -OCH3 is 2. The SMILES string of the molecule is COc1cc(OC)cc(C(=O)N2CCC(C(=O)N(C)CC3CC3)CC2)c1. The van der Waals surface area contributed by atoms with Gasteiger partial charge in [-0.3, -0.25) is 9.59 Å². The molecule has 1 heterocycles. The van der Waals surface area contributed by atoms with Crippen LogP contribution < -0.4 is 9.47 Å². The van der Waals surface area contributed by atoms with E-state index in [0.29, 0.717) is 36.1 Å². The maximum atomic E-state index is 12.8. The summed E-state index contributed by atoms with van der Waals surface area (Å²) in [4.78, 5) is 29.1. The highest BCUT2D eigenvalue weighted by molar-refractivity contribution is 5.95. The number of ether oxygens (including phenoxy) is 2. The molecule has 1 aromatic carbocycles. The van der Waals surface area contributed by atoms with Crippen LogP contribution >= 0.6 is 0 Å². The molecule has 2 aliphatic rings. The fourth-order valence-electron chi connectivity index (χ4n) is 3.53. The molecule has 2 fully saturated rings. The van der Waals surface area contributed by atoms with Crippen molar-refractivity contribution < 1.29 is 19.1 Å². The predicted molar refractivity (Wildman–Crippen MR) is 98.5 cm³/mol. The molecule has 1 aliphatic carbocycles. The molecule has 0 radical (unpaired) electrons. The van der Waals surface area contributed by atoms with Crippen LogP contribution in [0.25, 0.3) is 0 Å². The monoisotopic (exact) mass is 360 g/mol. The highest BCUT2D eigenvalue weighted by Crippen LogP contribution is 2.30. The summed E-state index contributed by atoms with van der Waals surface area (Å²) in [5, 5.41) is 0. The van der Waals surface area contributed by atoms with Crippen molar-refractivity contribution >= 4 is 11.8 Å². The van der Waals surface area contributed by atoms with Gasteiger partial charge in [-0.2, -0.15) is 0 Å². The van der Waals surface area contributed by atoms with E-state index in [1.807, 2.05) is 16.8 Å². The Morgan fingerprint density at radius 1 is 1.04 bits per heavy atom. The number of piperidine rings is 1. The topological polar surface area (TPSA) is 59.1 Å². The van der Waals surface area contributed by atoms with Crippen LogP contribution in [0.4, 0.5) is 0 Å². The third-order valence-corrected chi connectivity index (χ3v) is 5.34. The number of likely N-dealkylation sites (tertiary alicyclic amines) is 1. The molecule has 2 amide bonds. The van der Waals surface area contributed by atoms with E-state index in [1.165, 1.54) is 12.8 Å².